The number of anilines is 1. The molecule has 104 valence electrons. The molecule has 19 heavy (non-hydrogen) atoms. The fourth-order valence-corrected chi connectivity index (χ4v) is 2.45. The van der Waals surface area contributed by atoms with Gasteiger partial charge < -0.3 is 19.7 Å². The van der Waals surface area contributed by atoms with Gasteiger partial charge in [-0.15, -0.1) is 0 Å². The highest BCUT2D eigenvalue weighted by Gasteiger charge is 2.20. The van der Waals surface area contributed by atoms with Gasteiger partial charge in [0.1, 0.15) is 17.7 Å². The van der Waals surface area contributed by atoms with Crippen molar-refractivity contribution in [3.05, 3.63) is 17.6 Å². The third-order valence-electron chi connectivity index (χ3n) is 3.44. The molecule has 1 atom stereocenters. The summed E-state index contributed by atoms with van der Waals surface area (Å²) in [5.41, 5.74) is 0.973. The monoisotopic (exact) mass is 264 g/mol. The molecule has 1 unspecified atom stereocenters. The molecule has 2 saturated heterocycles. The molecule has 0 aromatic carbocycles. The first kappa shape index (κ1) is 12.8. The summed E-state index contributed by atoms with van der Waals surface area (Å²) >= 11 is 0. The minimum atomic E-state index is 0.0373. The smallest absolute Gasteiger partial charge is 0.132 e. The van der Waals surface area contributed by atoms with Gasteiger partial charge in [-0.05, 0) is 6.92 Å². The van der Waals surface area contributed by atoms with Crippen LogP contribution in [-0.4, -0.2) is 56.0 Å². The minimum absolute atomic E-state index is 0.0373. The molecular formula is C13H20N4O2. The van der Waals surface area contributed by atoms with Gasteiger partial charge in [0, 0.05) is 32.2 Å². The van der Waals surface area contributed by atoms with Gasteiger partial charge in [0.05, 0.1) is 25.5 Å². The molecule has 1 N–H and O–H groups in total. The third-order valence-corrected chi connectivity index (χ3v) is 3.44. The summed E-state index contributed by atoms with van der Waals surface area (Å²) in [6.07, 6.45) is 0.0373. The van der Waals surface area contributed by atoms with Crippen LogP contribution < -0.4 is 10.2 Å². The molecule has 0 amide bonds. The Kier molecular flexibility index (Phi) is 3.91. The van der Waals surface area contributed by atoms with Crippen LogP contribution in [0.5, 0.6) is 0 Å². The molecule has 2 aliphatic rings. The SMILES string of the molecule is Cc1nc(C2CNCCO2)cc(N2CCOCC2)n1. The van der Waals surface area contributed by atoms with Gasteiger partial charge in [-0.25, -0.2) is 9.97 Å². The summed E-state index contributed by atoms with van der Waals surface area (Å²) < 4.78 is 11.1. The Morgan fingerprint density at radius 2 is 2.11 bits per heavy atom. The maximum atomic E-state index is 5.77. The molecule has 0 aliphatic carbocycles. The van der Waals surface area contributed by atoms with E-state index in [4.69, 9.17) is 9.47 Å². The van der Waals surface area contributed by atoms with Gasteiger partial charge in [-0.3, -0.25) is 0 Å². The fraction of sp³-hybridized carbons (Fsp3) is 0.692. The van der Waals surface area contributed by atoms with Crippen LogP contribution >= 0.6 is 0 Å². The lowest BCUT2D eigenvalue weighted by Gasteiger charge is -2.29. The number of aromatic nitrogens is 2. The Balaban J connectivity index is 1.82. The van der Waals surface area contributed by atoms with E-state index in [1.807, 2.05) is 6.92 Å². The Bertz CT molecular complexity index is 392. The van der Waals surface area contributed by atoms with E-state index in [0.717, 1.165) is 63.3 Å². The van der Waals surface area contributed by atoms with Crippen LogP contribution in [0, 0.1) is 6.92 Å². The van der Waals surface area contributed by atoms with E-state index >= 15 is 0 Å². The first-order valence-electron chi connectivity index (χ1n) is 6.83. The van der Waals surface area contributed by atoms with Crippen LogP contribution in [-0.2, 0) is 9.47 Å². The second kappa shape index (κ2) is 5.81. The summed E-state index contributed by atoms with van der Waals surface area (Å²) in [7, 11) is 0. The summed E-state index contributed by atoms with van der Waals surface area (Å²) in [5.74, 6) is 1.79. The van der Waals surface area contributed by atoms with Crippen molar-refractivity contribution in [3.63, 3.8) is 0 Å². The van der Waals surface area contributed by atoms with Crippen LogP contribution in [0.2, 0.25) is 0 Å². The van der Waals surface area contributed by atoms with Crippen molar-refractivity contribution in [1.29, 1.82) is 0 Å². The number of hydrogen-bond donors (Lipinski definition) is 1. The zero-order chi connectivity index (χ0) is 13.1. The lowest BCUT2D eigenvalue weighted by molar-refractivity contribution is 0.0248. The van der Waals surface area contributed by atoms with Crippen LogP contribution in [0.4, 0.5) is 5.82 Å². The highest BCUT2D eigenvalue weighted by Crippen LogP contribution is 2.21. The standard InChI is InChI=1S/C13H20N4O2/c1-10-15-11(12-9-14-2-5-19-12)8-13(16-10)17-3-6-18-7-4-17/h8,12,14H,2-7,9H2,1H3. The lowest BCUT2D eigenvalue weighted by Crippen LogP contribution is -2.37. The van der Waals surface area contributed by atoms with Gasteiger partial charge >= 0.3 is 0 Å². The van der Waals surface area contributed by atoms with Crippen LogP contribution in [0.1, 0.15) is 17.6 Å². The van der Waals surface area contributed by atoms with E-state index in [0.29, 0.717) is 0 Å². The summed E-state index contributed by atoms with van der Waals surface area (Å²) in [4.78, 5) is 11.3. The van der Waals surface area contributed by atoms with Crippen molar-refractivity contribution < 1.29 is 9.47 Å². The number of nitrogens with one attached hydrogen (secondary N) is 1. The molecule has 1 aromatic heterocycles. The van der Waals surface area contributed by atoms with Gasteiger partial charge in [0.25, 0.3) is 0 Å². The number of hydrogen-bond acceptors (Lipinski definition) is 6. The molecule has 2 fully saturated rings. The molecule has 2 aliphatic heterocycles. The molecule has 0 spiro atoms. The quantitative estimate of drug-likeness (QED) is 0.828. The largest absolute Gasteiger partial charge is 0.378 e. The molecule has 6 heteroatoms. The molecule has 0 saturated carbocycles. The van der Waals surface area contributed by atoms with Crippen LogP contribution in [0.15, 0.2) is 6.07 Å². The van der Waals surface area contributed by atoms with E-state index < -0.39 is 0 Å². The van der Waals surface area contributed by atoms with Crippen LogP contribution in [0.3, 0.4) is 0 Å². The Hall–Kier alpha value is -1.24. The number of nitrogens with zero attached hydrogens (tertiary/aromatic N) is 3. The van der Waals surface area contributed by atoms with Gasteiger partial charge in [-0.1, -0.05) is 0 Å². The van der Waals surface area contributed by atoms with Gasteiger partial charge in [-0.2, -0.15) is 0 Å². The average molecular weight is 264 g/mol. The molecule has 6 nitrogen and oxygen atoms in total. The van der Waals surface area contributed by atoms with E-state index in [9.17, 15) is 0 Å². The normalized spacial score (nSPS) is 24.5. The number of ether oxygens (including phenoxy) is 2. The highest BCUT2D eigenvalue weighted by atomic mass is 16.5. The van der Waals surface area contributed by atoms with Crippen molar-refractivity contribution >= 4 is 5.82 Å². The van der Waals surface area contributed by atoms with E-state index in [2.05, 4.69) is 26.3 Å². The highest BCUT2D eigenvalue weighted by molar-refractivity contribution is 5.40. The van der Waals surface area contributed by atoms with E-state index in [1.54, 1.807) is 0 Å². The zero-order valence-corrected chi connectivity index (χ0v) is 11.3. The van der Waals surface area contributed by atoms with Crippen molar-refractivity contribution in [3.8, 4) is 0 Å². The van der Waals surface area contributed by atoms with E-state index in [-0.39, 0.29) is 6.10 Å². The Morgan fingerprint density at radius 1 is 1.26 bits per heavy atom. The first-order valence-corrected chi connectivity index (χ1v) is 6.83. The van der Waals surface area contributed by atoms with Crippen molar-refractivity contribution in [1.82, 2.24) is 15.3 Å². The molecular weight excluding hydrogens is 244 g/mol. The summed E-state index contributed by atoms with van der Waals surface area (Å²) in [6, 6.07) is 2.05. The number of rotatable bonds is 2. The van der Waals surface area contributed by atoms with Crippen molar-refractivity contribution in [2.45, 2.75) is 13.0 Å². The maximum Gasteiger partial charge on any atom is 0.132 e. The predicted molar refractivity (Wildman–Crippen MR) is 71.4 cm³/mol. The second-order valence-electron chi connectivity index (χ2n) is 4.86. The maximum absolute atomic E-state index is 5.77. The first-order chi connectivity index (χ1) is 9.33. The molecule has 1 aromatic rings. The van der Waals surface area contributed by atoms with Crippen molar-refractivity contribution in [2.24, 2.45) is 0 Å². The molecule has 3 heterocycles. The lowest BCUT2D eigenvalue weighted by atomic mass is 10.2. The van der Waals surface area contributed by atoms with E-state index in [1.165, 1.54) is 0 Å². The third kappa shape index (κ3) is 3.02. The summed E-state index contributed by atoms with van der Waals surface area (Å²) in [6.45, 7) is 7.71. The fourth-order valence-electron chi connectivity index (χ4n) is 2.45. The van der Waals surface area contributed by atoms with Gasteiger partial charge in [0.2, 0.25) is 0 Å². The van der Waals surface area contributed by atoms with Crippen molar-refractivity contribution in [2.75, 3.05) is 50.9 Å². The van der Waals surface area contributed by atoms with Gasteiger partial charge in [0.15, 0.2) is 0 Å². The average Bonchev–Trinajstić information content (AvgIpc) is 2.48. The Labute approximate surface area is 113 Å². The van der Waals surface area contributed by atoms with Crippen LogP contribution in [0.25, 0.3) is 0 Å². The number of morpholine rings is 2. The predicted octanol–water partition coefficient (Wildman–Crippen LogP) is 0.283. The zero-order valence-electron chi connectivity index (χ0n) is 11.3. The summed E-state index contributed by atoms with van der Waals surface area (Å²) in [5, 5.41) is 3.33. The number of aryl methyl sites for hydroxylation is 1. The topological polar surface area (TPSA) is 59.5 Å². The second-order valence-corrected chi connectivity index (χ2v) is 4.86. The molecule has 3 rings (SSSR count). The Morgan fingerprint density at radius 3 is 2.84 bits per heavy atom. The minimum Gasteiger partial charge on any atom is -0.378 e. The molecule has 0 radical (unpaired) electrons. The molecule has 0 bridgehead atoms.